The van der Waals surface area contributed by atoms with Crippen molar-refractivity contribution >= 4 is 33.6 Å². The van der Waals surface area contributed by atoms with E-state index in [0.29, 0.717) is 0 Å². The third kappa shape index (κ3) is 5.00. The van der Waals surface area contributed by atoms with Crippen LogP contribution in [0.1, 0.15) is 23.7 Å². The molecule has 0 aliphatic rings. The molecular formula is C12H14ClNO6S. The van der Waals surface area contributed by atoms with Gasteiger partial charge in [0.1, 0.15) is 0 Å². The first-order valence-corrected chi connectivity index (χ1v) is 7.82. The van der Waals surface area contributed by atoms with Crippen LogP contribution in [0.2, 0.25) is 5.02 Å². The van der Waals surface area contributed by atoms with E-state index in [1.165, 1.54) is 12.1 Å². The number of carboxylic acids is 1. The zero-order valence-corrected chi connectivity index (χ0v) is 12.7. The van der Waals surface area contributed by atoms with Crippen LogP contribution in [0.25, 0.3) is 0 Å². The molecule has 0 heterocycles. The summed E-state index contributed by atoms with van der Waals surface area (Å²) >= 11 is 5.66. The molecule has 0 saturated carbocycles. The number of rotatable bonds is 7. The lowest BCUT2D eigenvalue weighted by Crippen LogP contribution is -2.27. The Morgan fingerprint density at radius 3 is 2.62 bits per heavy atom. The van der Waals surface area contributed by atoms with Crippen LogP contribution in [0.5, 0.6) is 0 Å². The largest absolute Gasteiger partial charge is 0.478 e. The van der Waals surface area contributed by atoms with Gasteiger partial charge in [0.05, 0.1) is 28.5 Å². The molecule has 2 N–H and O–H groups in total. The molecule has 0 unspecified atom stereocenters. The number of halogens is 1. The fraction of sp³-hybridized carbons (Fsp3) is 0.333. The minimum Gasteiger partial charge on any atom is -0.478 e. The van der Waals surface area contributed by atoms with Crippen LogP contribution in [0.4, 0.5) is 0 Å². The Hall–Kier alpha value is -1.64. The lowest BCUT2D eigenvalue weighted by molar-refractivity contribution is -0.142. The Kier molecular flexibility index (Phi) is 6.13. The molecule has 0 radical (unpaired) electrons. The molecule has 21 heavy (non-hydrogen) atoms. The smallest absolute Gasteiger partial charge is 0.337 e. The van der Waals surface area contributed by atoms with Crippen molar-refractivity contribution < 1.29 is 27.9 Å². The van der Waals surface area contributed by atoms with Gasteiger partial charge in [0.2, 0.25) is 10.0 Å². The van der Waals surface area contributed by atoms with Gasteiger partial charge in [0.15, 0.2) is 0 Å². The molecule has 0 bridgehead atoms. The minimum atomic E-state index is -3.92. The monoisotopic (exact) mass is 335 g/mol. The van der Waals surface area contributed by atoms with E-state index in [9.17, 15) is 18.0 Å². The third-order valence-corrected chi connectivity index (χ3v) is 4.19. The summed E-state index contributed by atoms with van der Waals surface area (Å²) in [5, 5.41) is 8.84. The average molecular weight is 336 g/mol. The maximum Gasteiger partial charge on any atom is 0.337 e. The lowest BCUT2D eigenvalue weighted by Gasteiger charge is -2.08. The molecule has 0 aromatic heterocycles. The number of benzene rings is 1. The summed E-state index contributed by atoms with van der Waals surface area (Å²) in [4.78, 5) is 21.8. The van der Waals surface area contributed by atoms with Crippen LogP contribution in [-0.4, -0.2) is 38.6 Å². The highest BCUT2D eigenvalue weighted by Crippen LogP contribution is 2.20. The Morgan fingerprint density at radius 1 is 1.38 bits per heavy atom. The second kappa shape index (κ2) is 7.39. The second-order valence-corrected chi connectivity index (χ2v) is 6.07. The van der Waals surface area contributed by atoms with Crippen LogP contribution >= 0.6 is 11.6 Å². The topological polar surface area (TPSA) is 110 Å². The normalized spacial score (nSPS) is 11.1. The highest BCUT2D eigenvalue weighted by Gasteiger charge is 2.18. The Morgan fingerprint density at radius 2 is 2.05 bits per heavy atom. The minimum absolute atomic E-state index is 0.0621. The first-order chi connectivity index (χ1) is 9.77. The quantitative estimate of drug-likeness (QED) is 0.726. The van der Waals surface area contributed by atoms with Gasteiger partial charge >= 0.3 is 11.9 Å². The number of esters is 1. The number of ether oxygens (including phenoxy) is 1. The third-order valence-electron chi connectivity index (χ3n) is 2.41. The molecule has 1 aromatic rings. The van der Waals surface area contributed by atoms with Crippen LogP contribution in [0, 0.1) is 0 Å². The maximum absolute atomic E-state index is 12.0. The standard InChI is InChI=1S/C12H14ClNO6S/c1-2-20-11(15)5-6-14-21(18,19)8-3-4-10(13)9(7-8)12(16)17/h3-4,7,14H,2,5-6H2,1H3,(H,16,17). The van der Waals surface area contributed by atoms with E-state index in [-0.39, 0.29) is 35.1 Å². The maximum atomic E-state index is 12.0. The van der Waals surface area contributed by atoms with Gasteiger partial charge in [-0.1, -0.05) is 11.6 Å². The van der Waals surface area contributed by atoms with E-state index in [2.05, 4.69) is 9.46 Å². The van der Waals surface area contributed by atoms with Crippen molar-refractivity contribution in [2.75, 3.05) is 13.2 Å². The van der Waals surface area contributed by atoms with E-state index >= 15 is 0 Å². The molecule has 0 saturated heterocycles. The first kappa shape index (κ1) is 17.4. The number of aromatic carboxylic acids is 1. The lowest BCUT2D eigenvalue weighted by atomic mass is 10.2. The summed E-state index contributed by atoms with van der Waals surface area (Å²) < 4.78 is 30.8. The molecule has 0 aliphatic carbocycles. The molecule has 1 rings (SSSR count). The summed E-state index contributed by atoms with van der Waals surface area (Å²) in [5.41, 5.74) is -0.315. The number of carbonyl (C=O) groups excluding carboxylic acids is 1. The van der Waals surface area contributed by atoms with E-state index in [1.54, 1.807) is 6.92 Å². The molecule has 116 valence electrons. The summed E-state index contributed by atoms with van der Waals surface area (Å²) in [6.07, 6.45) is -0.119. The van der Waals surface area contributed by atoms with Gasteiger partial charge in [-0.2, -0.15) is 0 Å². The summed E-state index contributed by atoms with van der Waals surface area (Å²) in [5.74, 6) is -1.86. The number of sulfonamides is 1. The molecule has 1 aromatic carbocycles. The zero-order valence-electron chi connectivity index (χ0n) is 11.1. The Bertz CT molecular complexity index is 643. The van der Waals surface area contributed by atoms with Gasteiger partial charge in [0.25, 0.3) is 0 Å². The van der Waals surface area contributed by atoms with Crippen molar-refractivity contribution in [1.29, 1.82) is 0 Å². The van der Waals surface area contributed by atoms with Crippen LogP contribution < -0.4 is 4.72 Å². The average Bonchev–Trinajstić information content (AvgIpc) is 2.38. The second-order valence-electron chi connectivity index (χ2n) is 3.90. The highest BCUT2D eigenvalue weighted by molar-refractivity contribution is 7.89. The van der Waals surface area contributed by atoms with Crippen molar-refractivity contribution in [3.63, 3.8) is 0 Å². The van der Waals surface area contributed by atoms with Gasteiger partial charge in [-0.15, -0.1) is 0 Å². The van der Waals surface area contributed by atoms with Gasteiger partial charge in [-0.3, -0.25) is 4.79 Å². The van der Waals surface area contributed by atoms with Crippen molar-refractivity contribution in [2.45, 2.75) is 18.2 Å². The highest BCUT2D eigenvalue weighted by atomic mass is 35.5. The predicted octanol–water partition coefficient (Wildman–Crippen LogP) is 1.27. The van der Waals surface area contributed by atoms with Crippen LogP contribution in [0.3, 0.4) is 0 Å². The summed E-state index contributed by atoms with van der Waals surface area (Å²) in [7, 11) is -3.92. The zero-order chi connectivity index (χ0) is 16.0. The van der Waals surface area contributed by atoms with E-state index in [4.69, 9.17) is 16.7 Å². The number of hydrogen-bond acceptors (Lipinski definition) is 5. The molecule has 0 spiro atoms. The number of carboxylic acid groups (broad SMARTS) is 1. The Balaban J connectivity index is 2.81. The van der Waals surface area contributed by atoms with Crippen LogP contribution in [-0.2, 0) is 19.6 Å². The van der Waals surface area contributed by atoms with Crippen molar-refractivity contribution in [3.05, 3.63) is 28.8 Å². The molecule has 0 amide bonds. The van der Waals surface area contributed by atoms with E-state index < -0.39 is 22.0 Å². The SMILES string of the molecule is CCOC(=O)CCNS(=O)(=O)c1ccc(Cl)c(C(=O)O)c1. The molecule has 0 fully saturated rings. The van der Waals surface area contributed by atoms with Gasteiger partial charge < -0.3 is 9.84 Å². The fourth-order valence-electron chi connectivity index (χ4n) is 1.44. The van der Waals surface area contributed by atoms with Crippen molar-refractivity contribution in [3.8, 4) is 0 Å². The molecule has 0 aliphatic heterocycles. The van der Waals surface area contributed by atoms with Crippen molar-refractivity contribution in [1.82, 2.24) is 4.72 Å². The van der Waals surface area contributed by atoms with Gasteiger partial charge in [-0.25, -0.2) is 17.9 Å². The van der Waals surface area contributed by atoms with E-state index in [0.717, 1.165) is 6.07 Å². The molecule has 9 heteroatoms. The van der Waals surface area contributed by atoms with Crippen LogP contribution in [0.15, 0.2) is 23.1 Å². The predicted molar refractivity (Wildman–Crippen MR) is 74.8 cm³/mol. The number of carbonyl (C=O) groups is 2. The van der Waals surface area contributed by atoms with Crippen molar-refractivity contribution in [2.24, 2.45) is 0 Å². The first-order valence-electron chi connectivity index (χ1n) is 5.96. The Labute approximate surface area is 126 Å². The van der Waals surface area contributed by atoms with Gasteiger partial charge in [0, 0.05) is 6.54 Å². The number of nitrogens with one attached hydrogen (secondary N) is 1. The number of hydrogen-bond donors (Lipinski definition) is 2. The summed E-state index contributed by atoms with van der Waals surface area (Å²) in [6, 6.07) is 3.32. The molecular weight excluding hydrogens is 322 g/mol. The molecule has 0 atom stereocenters. The summed E-state index contributed by atoms with van der Waals surface area (Å²) in [6.45, 7) is 1.71. The fourth-order valence-corrected chi connectivity index (χ4v) is 2.70. The van der Waals surface area contributed by atoms with E-state index in [1.807, 2.05) is 0 Å². The molecule has 7 nitrogen and oxygen atoms in total. The van der Waals surface area contributed by atoms with Gasteiger partial charge in [-0.05, 0) is 25.1 Å².